The maximum Gasteiger partial charge on any atom is 0.187 e. The molecule has 3 nitrogen and oxygen atoms in total. The Hall–Kier alpha value is -1.61. The summed E-state index contributed by atoms with van der Waals surface area (Å²) in [6.45, 7) is 2.00. The van der Waals surface area contributed by atoms with Crippen LogP contribution in [0.4, 0.5) is 0 Å². The standard InChI is InChI=1S/C12H16N2O/c1-10-4-6-11(7-5-10)12(15)8-9-13-14(2)3/h4-9,13H,1-3H3/b9-8-. The SMILES string of the molecule is Cc1ccc(C(=O)/C=C\NN(C)C)cc1. The van der Waals surface area contributed by atoms with Gasteiger partial charge in [-0.15, -0.1) is 0 Å². The molecule has 0 bridgehead atoms. The molecule has 0 aliphatic rings. The zero-order valence-corrected chi connectivity index (χ0v) is 9.32. The second-order valence-corrected chi connectivity index (χ2v) is 3.59. The van der Waals surface area contributed by atoms with Crippen molar-refractivity contribution < 1.29 is 4.79 Å². The number of hydrazine groups is 1. The number of rotatable bonds is 4. The molecule has 0 fully saturated rings. The van der Waals surface area contributed by atoms with Crippen LogP contribution in [0.2, 0.25) is 0 Å². The number of aryl methyl sites for hydroxylation is 1. The van der Waals surface area contributed by atoms with Gasteiger partial charge in [-0.25, -0.2) is 5.01 Å². The van der Waals surface area contributed by atoms with Crippen LogP contribution in [0.25, 0.3) is 0 Å². The molecule has 1 rings (SSSR count). The van der Waals surface area contributed by atoms with E-state index in [1.54, 1.807) is 11.2 Å². The third-order valence-corrected chi connectivity index (χ3v) is 1.90. The van der Waals surface area contributed by atoms with Crippen molar-refractivity contribution >= 4 is 5.78 Å². The van der Waals surface area contributed by atoms with Crippen molar-refractivity contribution in [2.45, 2.75) is 6.92 Å². The molecule has 0 atom stereocenters. The third kappa shape index (κ3) is 3.95. The van der Waals surface area contributed by atoms with Gasteiger partial charge in [-0.2, -0.15) is 0 Å². The van der Waals surface area contributed by atoms with E-state index in [1.165, 1.54) is 6.08 Å². The minimum atomic E-state index is 0.00403. The lowest BCUT2D eigenvalue weighted by atomic mass is 10.1. The van der Waals surface area contributed by atoms with E-state index in [4.69, 9.17) is 0 Å². The van der Waals surface area contributed by atoms with E-state index in [1.807, 2.05) is 45.3 Å². The Bertz CT molecular complexity index is 352. The quantitative estimate of drug-likeness (QED) is 0.461. The van der Waals surface area contributed by atoms with Gasteiger partial charge in [0.2, 0.25) is 0 Å². The van der Waals surface area contributed by atoms with Gasteiger partial charge in [0.1, 0.15) is 0 Å². The van der Waals surface area contributed by atoms with Crippen LogP contribution in [0.3, 0.4) is 0 Å². The molecule has 1 aromatic carbocycles. The van der Waals surface area contributed by atoms with Gasteiger partial charge in [-0.05, 0) is 6.92 Å². The highest BCUT2D eigenvalue weighted by Crippen LogP contribution is 2.04. The monoisotopic (exact) mass is 204 g/mol. The third-order valence-electron chi connectivity index (χ3n) is 1.90. The minimum Gasteiger partial charge on any atom is -0.327 e. The Labute approximate surface area is 90.4 Å². The first-order chi connectivity index (χ1) is 7.09. The van der Waals surface area contributed by atoms with Crippen LogP contribution in [0, 0.1) is 6.92 Å². The molecule has 0 spiro atoms. The molecule has 1 aromatic rings. The van der Waals surface area contributed by atoms with E-state index in [0.29, 0.717) is 5.56 Å². The molecule has 0 aliphatic carbocycles. The van der Waals surface area contributed by atoms with Crippen molar-refractivity contribution in [2.75, 3.05) is 14.1 Å². The molecule has 0 saturated carbocycles. The summed E-state index contributed by atoms with van der Waals surface area (Å²) in [7, 11) is 3.72. The van der Waals surface area contributed by atoms with Crippen LogP contribution >= 0.6 is 0 Å². The first-order valence-corrected chi connectivity index (χ1v) is 4.80. The average molecular weight is 204 g/mol. The number of benzene rings is 1. The Morgan fingerprint density at radius 3 is 2.40 bits per heavy atom. The van der Waals surface area contributed by atoms with Gasteiger partial charge >= 0.3 is 0 Å². The molecule has 0 aromatic heterocycles. The van der Waals surface area contributed by atoms with Crippen LogP contribution in [0.5, 0.6) is 0 Å². The molecule has 0 saturated heterocycles. The first kappa shape index (κ1) is 11.5. The Morgan fingerprint density at radius 2 is 1.87 bits per heavy atom. The number of nitrogens with one attached hydrogen (secondary N) is 1. The van der Waals surface area contributed by atoms with E-state index in [0.717, 1.165) is 5.56 Å². The van der Waals surface area contributed by atoms with Gasteiger partial charge in [0, 0.05) is 31.9 Å². The molecule has 15 heavy (non-hydrogen) atoms. The molecule has 0 radical (unpaired) electrons. The summed E-state index contributed by atoms with van der Waals surface area (Å²) in [5.74, 6) is 0.00403. The normalized spacial score (nSPS) is 10.9. The molecular formula is C12H16N2O. The molecule has 80 valence electrons. The fourth-order valence-electron chi connectivity index (χ4n) is 1.08. The zero-order valence-electron chi connectivity index (χ0n) is 9.32. The molecule has 1 N–H and O–H groups in total. The lowest BCUT2D eigenvalue weighted by Gasteiger charge is -2.07. The summed E-state index contributed by atoms with van der Waals surface area (Å²) >= 11 is 0. The molecule has 0 heterocycles. The van der Waals surface area contributed by atoms with Crippen molar-refractivity contribution in [2.24, 2.45) is 0 Å². The lowest BCUT2D eigenvalue weighted by molar-refractivity contribution is 0.104. The Balaban J connectivity index is 2.61. The highest BCUT2D eigenvalue weighted by Gasteiger charge is 1.99. The summed E-state index contributed by atoms with van der Waals surface area (Å²) < 4.78 is 0. The second-order valence-electron chi connectivity index (χ2n) is 3.59. The first-order valence-electron chi connectivity index (χ1n) is 4.80. The highest BCUT2D eigenvalue weighted by molar-refractivity contribution is 6.04. The van der Waals surface area contributed by atoms with Gasteiger partial charge in [0.15, 0.2) is 5.78 Å². The minimum absolute atomic E-state index is 0.00403. The fourth-order valence-corrected chi connectivity index (χ4v) is 1.08. The van der Waals surface area contributed by atoms with Crippen molar-refractivity contribution in [3.05, 3.63) is 47.7 Å². The molecule has 3 heteroatoms. The van der Waals surface area contributed by atoms with E-state index in [2.05, 4.69) is 5.43 Å². The zero-order chi connectivity index (χ0) is 11.3. The van der Waals surface area contributed by atoms with Gasteiger partial charge in [-0.3, -0.25) is 4.79 Å². The number of hydrogen-bond acceptors (Lipinski definition) is 3. The summed E-state index contributed by atoms with van der Waals surface area (Å²) in [6, 6.07) is 7.52. The summed E-state index contributed by atoms with van der Waals surface area (Å²) in [5.41, 5.74) is 4.75. The van der Waals surface area contributed by atoms with Gasteiger partial charge < -0.3 is 5.43 Å². The fraction of sp³-hybridized carbons (Fsp3) is 0.250. The predicted molar refractivity (Wildman–Crippen MR) is 61.5 cm³/mol. The smallest absolute Gasteiger partial charge is 0.187 e. The molecule has 0 aliphatic heterocycles. The van der Waals surface area contributed by atoms with E-state index in [-0.39, 0.29) is 5.78 Å². The molecular weight excluding hydrogens is 188 g/mol. The van der Waals surface area contributed by atoms with Gasteiger partial charge in [0.05, 0.1) is 0 Å². The summed E-state index contributed by atoms with van der Waals surface area (Å²) in [5, 5.41) is 1.76. The summed E-state index contributed by atoms with van der Waals surface area (Å²) in [6.07, 6.45) is 3.15. The Morgan fingerprint density at radius 1 is 1.27 bits per heavy atom. The molecule has 0 unspecified atom stereocenters. The Kier molecular flexibility index (Phi) is 4.06. The highest BCUT2D eigenvalue weighted by atomic mass is 16.1. The lowest BCUT2D eigenvalue weighted by Crippen LogP contribution is -2.24. The largest absolute Gasteiger partial charge is 0.327 e. The van der Waals surface area contributed by atoms with E-state index < -0.39 is 0 Å². The van der Waals surface area contributed by atoms with Crippen LogP contribution in [-0.2, 0) is 0 Å². The average Bonchev–Trinajstić information content (AvgIpc) is 2.18. The predicted octanol–water partition coefficient (Wildman–Crippen LogP) is 1.76. The van der Waals surface area contributed by atoms with Crippen LogP contribution in [0.15, 0.2) is 36.5 Å². The number of carbonyl (C=O) groups excluding carboxylic acids is 1. The topological polar surface area (TPSA) is 32.3 Å². The molecule has 0 amide bonds. The summed E-state index contributed by atoms with van der Waals surface area (Å²) in [4.78, 5) is 11.6. The van der Waals surface area contributed by atoms with Crippen molar-refractivity contribution in [3.8, 4) is 0 Å². The van der Waals surface area contributed by atoms with Crippen LogP contribution < -0.4 is 5.43 Å². The van der Waals surface area contributed by atoms with Crippen LogP contribution in [0.1, 0.15) is 15.9 Å². The number of ketones is 1. The number of carbonyl (C=O) groups is 1. The number of nitrogens with zero attached hydrogens (tertiary/aromatic N) is 1. The maximum absolute atomic E-state index is 11.6. The van der Waals surface area contributed by atoms with E-state index in [9.17, 15) is 4.79 Å². The van der Waals surface area contributed by atoms with Gasteiger partial charge in [-0.1, -0.05) is 29.8 Å². The maximum atomic E-state index is 11.6. The van der Waals surface area contributed by atoms with Crippen molar-refractivity contribution in [1.82, 2.24) is 10.4 Å². The van der Waals surface area contributed by atoms with E-state index >= 15 is 0 Å². The van der Waals surface area contributed by atoms with Crippen LogP contribution in [-0.4, -0.2) is 24.9 Å². The number of allylic oxidation sites excluding steroid dienone is 1. The van der Waals surface area contributed by atoms with Gasteiger partial charge in [0.25, 0.3) is 0 Å². The van der Waals surface area contributed by atoms with Crippen molar-refractivity contribution in [1.29, 1.82) is 0 Å². The number of hydrogen-bond donors (Lipinski definition) is 1. The van der Waals surface area contributed by atoms with Crippen molar-refractivity contribution in [3.63, 3.8) is 0 Å². The second kappa shape index (κ2) is 5.32.